The van der Waals surface area contributed by atoms with E-state index in [1.54, 1.807) is 0 Å². The number of fused-ring (bicyclic) bond motifs is 1. The molecule has 0 saturated heterocycles. The Morgan fingerprint density at radius 3 is 3.19 bits per heavy atom. The van der Waals surface area contributed by atoms with Crippen LogP contribution in [0, 0.1) is 0 Å². The van der Waals surface area contributed by atoms with Crippen LogP contribution in [-0.4, -0.2) is 25.5 Å². The Morgan fingerprint density at radius 1 is 1.50 bits per heavy atom. The van der Waals surface area contributed by atoms with E-state index >= 15 is 0 Å². The lowest BCUT2D eigenvalue weighted by molar-refractivity contribution is 0.0782. The van der Waals surface area contributed by atoms with Crippen LogP contribution in [-0.2, 0) is 11.2 Å². The summed E-state index contributed by atoms with van der Waals surface area (Å²) in [5.41, 5.74) is 3.07. The summed E-state index contributed by atoms with van der Waals surface area (Å²) in [6.07, 6.45) is 2.07. The number of ketones is 1. The molecule has 1 aliphatic rings. The first-order chi connectivity index (χ1) is 7.83. The molecule has 0 bridgehead atoms. The maximum absolute atomic E-state index is 11.9. The van der Waals surface area contributed by atoms with Crippen molar-refractivity contribution in [2.45, 2.75) is 19.8 Å². The Hall–Kier alpha value is -1.35. The molecule has 0 unspecified atom stereocenters. The molecule has 0 atom stereocenters. The van der Waals surface area contributed by atoms with Crippen molar-refractivity contribution in [2.75, 3.05) is 25.1 Å². The maximum atomic E-state index is 11.9. The summed E-state index contributed by atoms with van der Waals surface area (Å²) in [6, 6.07) is 5.86. The SMILES string of the molecule is CCOCC(=O)c1cccc2c1CCCN2. The van der Waals surface area contributed by atoms with E-state index in [1.165, 1.54) is 0 Å². The van der Waals surface area contributed by atoms with Gasteiger partial charge in [-0.2, -0.15) is 0 Å². The van der Waals surface area contributed by atoms with E-state index in [1.807, 2.05) is 25.1 Å². The highest BCUT2D eigenvalue weighted by molar-refractivity contribution is 5.99. The maximum Gasteiger partial charge on any atom is 0.188 e. The molecule has 1 heterocycles. The van der Waals surface area contributed by atoms with E-state index in [0.717, 1.165) is 36.2 Å². The van der Waals surface area contributed by atoms with Crippen molar-refractivity contribution in [1.29, 1.82) is 0 Å². The van der Waals surface area contributed by atoms with Crippen molar-refractivity contribution in [3.63, 3.8) is 0 Å². The number of rotatable bonds is 4. The largest absolute Gasteiger partial charge is 0.385 e. The predicted octanol–water partition coefficient (Wildman–Crippen LogP) is 2.26. The lowest BCUT2D eigenvalue weighted by atomic mass is 9.95. The van der Waals surface area contributed by atoms with E-state index in [-0.39, 0.29) is 12.4 Å². The first kappa shape index (κ1) is 11.1. The first-order valence-electron chi connectivity index (χ1n) is 5.79. The molecule has 1 aliphatic heterocycles. The molecule has 86 valence electrons. The minimum atomic E-state index is 0.0856. The summed E-state index contributed by atoms with van der Waals surface area (Å²) in [5.74, 6) is 0.0856. The molecular weight excluding hydrogens is 202 g/mol. The molecule has 1 aromatic rings. The highest BCUT2D eigenvalue weighted by atomic mass is 16.5. The van der Waals surface area contributed by atoms with Gasteiger partial charge >= 0.3 is 0 Å². The number of nitrogens with one attached hydrogen (secondary N) is 1. The number of hydrogen-bond acceptors (Lipinski definition) is 3. The van der Waals surface area contributed by atoms with Crippen LogP contribution in [0.25, 0.3) is 0 Å². The number of Topliss-reactive ketones (excluding diaryl/α,β-unsaturated/α-hetero) is 1. The highest BCUT2D eigenvalue weighted by Crippen LogP contribution is 2.25. The molecule has 16 heavy (non-hydrogen) atoms. The van der Waals surface area contributed by atoms with Crippen molar-refractivity contribution in [1.82, 2.24) is 0 Å². The lowest BCUT2D eigenvalue weighted by Crippen LogP contribution is -2.17. The number of benzene rings is 1. The zero-order valence-electron chi connectivity index (χ0n) is 9.58. The van der Waals surface area contributed by atoms with E-state index in [2.05, 4.69) is 5.32 Å². The van der Waals surface area contributed by atoms with Crippen molar-refractivity contribution < 1.29 is 9.53 Å². The Bertz CT molecular complexity index is 388. The lowest BCUT2D eigenvalue weighted by Gasteiger charge is -2.20. The second-order valence-electron chi connectivity index (χ2n) is 3.92. The highest BCUT2D eigenvalue weighted by Gasteiger charge is 2.16. The fourth-order valence-corrected chi connectivity index (χ4v) is 2.04. The molecule has 1 aromatic carbocycles. The molecule has 0 aromatic heterocycles. The van der Waals surface area contributed by atoms with Crippen LogP contribution in [0.5, 0.6) is 0 Å². The number of carbonyl (C=O) groups is 1. The molecule has 2 rings (SSSR count). The topological polar surface area (TPSA) is 38.3 Å². The van der Waals surface area contributed by atoms with Crippen molar-refractivity contribution in [3.8, 4) is 0 Å². The molecular formula is C13H17NO2. The summed E-state index contributed by atoms with van der Waals surface area (Å²) in [7, 11) is 0. The van der Waals surface area contributed by atoms with E-state index in [4.69, 9.17) is 4.74 Å². The molecule has 0 aliphatic carbocycles. The summed E-state index contributed by atoms with van der Waals surface area (Å²) in [5, 5.41) is 3.32. The van der Waals surface area contributed by atoms with Crippen LogP contribution < -0.4 is 5.32 Å². The summed E-state index contributed by atoms with van der Waals surface area (Å²) in [6.45, 7) is 3.66. The summed E-state index contributed by atoms with van der Waals surface area (Å²) >= 11 is 0. The van der Waals surface area contributed by atoms with E-state index < -0.39 is 0 Å². The molecule has 1 N–H and O–H groups in total. The minimum Gasteiger partial charge on any atom is -0.385 e. The normalized spacial score (nSPS) is 14.1. The van der Waals surface area contributed by atoms with Gasteiger partial charge in [0.2, 0.25) is 0 Å². The predicted molar refractivity (Wildman–Crippen MR) is 64.1 cm³/mol. The fourth-order valence-electron chi connectivity index (χ4n) is 2.04. The zero-order chi connectivity index (χ0) is 11.4. The van der Waals surface area contributed by atoms with Crippen molar-refractivity contribution >= 4 is 11.5 Å². The number of carbonyl (C=O) groups excluding carboxylic acids is 1. The second kappa shape index (κ2) is 5.12. The van der Waals surface area contributed by atoms with Gasteiger partial charge in [0.25, 0.3) is 0 Å². The third-order valence-electron chi connectivity index (χ3n) is 2.83. The van der Waals surface area contributed by atoms with Crippen molar-refractivity contribution in [3.05, 3.63) is 29.3 Å². The molecule has 0 fully saturated rings. The Kier molecular flexibility index (Phi) is 3.57. The number of anilines is 1. The average Bonchev–Trinajstić information content (AvgIpc) is 2.35. The molecule has 0 saturated carbocycles. The summed E-state index contributed by atoms with van der Waals surface area (Å²) < 4.78 is 5.17. The molecule has 3 heteroatoms. The van der Waals surface area contributed by atoms with Crippen LogP contribution in [0.2, 0.25) is 0 Å². The number of ether oxygens (including phenoxy) is 1. The van der Waals surface area contributed by atoms with E-state index in [0.29, 0.717) is 6.61 Å². The monoisotopic (exact) mass is 219 g/mol. The Labute approximate surface area is 95.8 Å². The van der Waals surface area contributed by atoms with Gasteiger partial charge in [0, 0.05) is 24.4 Å². The second-order valence-corrected chi connectivity index (χ2v) is 3.92. The average molecular weight is 219 g/mol. The van der Waals surface area contributed by atoms with Crippen LogP contribution in [0.3, 0.4) is 0 Å². The van der Waals surface area contributed by atoms with Crippen LogP contribution >= 0.6 is 0 Å². The molecule has 3 nitrogen and oxygen atoms in total. The van der Waals surface area contributed by atoms with Gasteiger partial charge in [-0.05, 0) is 31.4 Å². The van der Waals surface area contributed by atoms with Gasteiger partial charge in [0.15, 0.2) is 5.78 Å². The fraction of sp³-hybridized carbons (Fsp3) is 0.462. The van der Waals surface area contributed by atoms with Gasteiger partial charge in [-0.25, -0.2) is 0 Å². The summed E-state index contributed by atoms with van der Waals surface area (Å²) in [4.78, 5) is 11.9. The zero-order valence-corrected chi connectivity index (χ0v) is 9.58. The van der Waals surface area contributed by atoms with E-state index in [9.17, 15) is 4.79 Å². The van der Waals surface area contributed by atoms with Crippen LogP contribution in [0.15, 0.2) is 18.2 Å². The third kappa shape index (κ3) is 2.25. The molecule has 0 amide bonds. The Balaban J connectivity index is 2.23. The van der Waals surface area contributed by atoms with Gasteiger partial charge in [-0.3, -0.25) is 4.79 Å². The van der Waals surface area contributed by atoms with Crippen molar-refractivity contribution in [2.24, 2.45) is 0 Å². The molecule has 0 radical (unpaired) electrons. The van der Waals surface area contributed by atoms with Gasteiger partial charge < -0.3 is 10.1 Å². The number of hydrogen-bond donors (Lipinski definition) is 1. The smallest absolute Gasteiger partial charge is 0.188 e. The van der Waals surface area contributed by atoms with Gasteiger partial charge in [-0.1, -0.05) is 12.1 Å². The third-order valence-corrected chi connectivity index (χ3v) is 2.83. The standard InChI is InChI=1S/C13H17NO2/c1-2-16-9-13(15)11-5-3-7-12-10(11)6-4-8-14-12/h3,5,7,14H,2,4,6,8-9H2,1H3. The van der Waals surface area contributed by atoms with Crippen LogP contribution in [0.1, 0.15) is 29.3 Å². The minimum absolute atomic E-state index is 0.0856. The molecule has 0 spiro atoms. The quantitative estimate of drug-likeness (QED) is 0.789. The van der Waals surface area contributed by atoms with Crippen LogP contribution in [0.4, 0.5) is 5.69 Å². The van der Waals surface area contributed by atoms with Gasteiger partial charge in [-0.15, -0.1) is 0 Å². The first-order valence-corrected chi connectivity index (χ1v) is 5.79. The van der Waals surface area contributed by atoms with Gasteiger partial charge in [0.05, 0.1) is 0 Å². The Morgan fingerprint density at radius 2 is 2.38 bits per heavy atom. The van der Waals surface area contributed by atoms with Gasteiger partial charge in [0.1, 0.15) is 6.61 Å².